The number of hydrogen-bond acceptors (Lipinski definition) is 8. The minimum atomic E-state index is -2.09. The summed E-state index contributed by atoms with van der Waals surface area (Å²) in [5.41, 5.74) is 1.01. The quantitative estimate of drug-likeness (QED) is 0.263. The number of rotatable bonds is 9. The van der Waals surface area contributed by atoms with E-state index in [1.165, 1.54) is 24.6 Å². The van der Waals surface area contributed by atoms with Crippen LogP contribution in [0.4, 0.5) is 0 Å². The zero-order chi connectivity index (χ0) is 25.5. The Morgan fingerprint density at radius 3 is 1.40 bits per heavy atom. The van der Waals surface area contributed by atoms with E-state index in [1.54, 1.807) is 24.3 Å². The number of benzene rings is 2. The van der Waals surface area contributed by atoms with E-state index in [4.69, 9.17) is 8.85 Å². The molecule has 35 heavy (non-hydrogen) atoms. The monoisotopic (exact) mass is 558 g/mol. The van der Waals surface area contributed by atoms with E-state index < -0.39 is 28.6 Å². The normalized spacial score (nSPS) is 11.9. The van der Waals surface area contributed by atoms with Crippen LogP contribution in [0.15, 0.2) is 46.4 Å². The van der Waals surface area contributed by atoms with E-state index in [9.17, 15) is 19.8 Å². The van der Waals surface area contributed by atoms with Gasteiger partial charge in [0, 0.05) is 40.0 Å². The van der Waals surface area contributed by atoms with Gasteiger partial charge in [-0.05, 0) is 63.5 Å². The molecule has 0 heterocycles. The molecule has 0 aliphatic carbocycles. The number of phenolic OH excluding ortho intramolecular Hbond substituents is 2. The molecular weight excluding hydrogens is 527 g/mol. The molecule has 0 bridgehead atoms. The van der Waals surface area contributed by atoms with Crippen LogP contribution in [0.3, 0.4) is 0 Å². The van der Waals surface area contributed by atoms with E-state index >= 15 is 0 Å². The predicted octanol–water partition coefficient (Wildman–Crippen LogP) is 4.62. The number of aliphatic imine (C=N–C) groups is 2. The summed E-state index contributed by atoms with van der Waals surface area (Å²) in [7, 11) is -4.18. The molecule has 0 fully saturated rings. The molecule has 11 heteroatoms. The van der Waals surface area contributed by atoms with Crippen molar-refractivity contribution in [3.8, 4) is 11.5 Å². The van der Waals surface area contributed by atoms with Gasteiger partial charge in [-0.25, -0.2) is 9.59 Å². The first-order valence-corrected chi connectivity index (χ1v) is 17.7. The zero-order valence-corrected chi connectivity index (χ0v) is 23.8. The molecule has 2 N–H and O–H groups in total. The van der Waals surface area contributed by atoms with Gasteiger partial charge in [-0.3, -0.25) is 9.98 Å². The maximum absolute atomic E-state index is 12.3. The Labute approximate surface area is 218 Å². The number of hydrogen-bond donors (Lipinski definition) is 2. The van der Waals surface area contributed by atoms with Gasteiger partial charge in [-0.2, -0.15) is 0 Å². The molecule has 0 spiro atoms. The largest absolute Gasteiger partial charge is 0.516 e. The van der Waals surface area contributed by atoms with Crippen LogP contribution in [0, 0.1) is 0 Å². The smallest absolute Gasteiger partial charge is 0.328 e. The van der Waals surface area contributed by atoms with Crippen LogP contribution in [0.5, 0.6) is 11.5 Å². The Bertz CT molecular complexity index is 1020. The van der Waals surface area contributed by atoms with Crippen molar-refractivity contribution in [2.75, 3.05) is 13.1 Å². The minimum absolute atomic E-state index is 0. The van der Waals surface area contributed by atoms with Crippen molar-refractivity contribution in [2.45, 2.75) is 39.3 Å². The molecule has 192 valence electrons. The van der Waals surface area contributed by atoms with Gasteiger partial charge in [-0.1, -0.05) is 12.1 Å². The molecule has 0 amide bonds. The summed E-state index contributed by atoms with van der Waals surface area (Å²) in [6, 6.07) is 9.64. The fourth-order valence-corrected chi connectivity index (χ4v) is 4.10. The first-order valence-electron chi connectivity index (χ1n) is 10.9. The van der Waals surface area contributed by atoms with E-state index in [2.05, 4.69) is 9.98 Å². The number of carbonyl (C=O) groups is 2. The molecular formula is C24H32N2NiO6Si2. The number of nitrogens with zero attached hydrogens (tertiary/aromatic N) is 2. The molecule has 2 aromatic rings. The molecule has 0 saturated carbocycles. The third-order valence-corrected chi connectivity index (χ3v) is 5.79. The van der Waals surface area contributed by atoms with Gasteiger partial charge in [0.25, 0.3) is 0 Å². The Morgan fingerprint density at radius 2 is 1.09 bits per heavy atom. The molecule has 0 atom stereocenters. The van der Waals surface area contributed by atoms with Crippen LogP contribution >= 0.6 is 0 Å². The maximum Gasteiger partial charge on any atom is 0.328 e. The van der Waals surface area contributed by atoms with Crippen molar-refractivity contribution in [3.05, 3.63) is 58.7 Å². The van der Waals surface area contributed by atoms with Crippen LogP contribution in [-0.2, 0) is 25.3 Å². The predicted molar refractivity (Wildman–Crippen MR) is 139 cm³/mol. The summed E-state index contributed by atoms with van der Waals surface area (Å²) in [5.74, 6) is -1.45. The number of carbonyl (C=O) groups excluding carboxylic acids is 2. The van der Waals surface area contributed by atoms with Crippen molar-refractivity contribution in [1.29, 1.82) is 0 Å². The Hall–Kier alpha value is -2.75. The van der Waals surface area contributed by atoms with Crippen LogP contribution < -0.4 is 0 Å². The summed E-state index contributed by atoms with van der Waals surface area (Å²) in [4.78, 5) is 33.1. The first-order chi connectivity index (χ1) is 15.8. The van der Waals surface area contributed by atoms with Gasteiger partial charge in [-0.15, -0.1) is 0 Å². The third kappa shape index (κ3) is 9.79. The summed E-state index contributed by atoms with van der Waals surface area (Å²) >= 11 is 0. The third-order valence-electron chi connectivity index (χ3n) is 4.19. The van der Waals surface area contributed by atoms with Crippen molar-refractivity contribution in [1.82, 2.24) is 0 Å². The average molecular weight is 559 g/mol. The maximum atomic E-state index is 12.3. The molecule has 2 aromatic carbocycles. The second kappa shape index (κ2) is 12.8. The molecule has 0 radical (unpaired) electrons. The summed E-state index contributed by atoms with van der Waals surface area (Å²) in [5, 5.41) is 20.8. The van der Waals surface area contributed by atoms with Crippen molar-refractivity contribution in [2.24, 2.45) is 9.98 Å². The number of para-hydroxylation sites is 2. The van der Waals surface area contributed by atoms with E-state index in [0.717, 1.165) is 0 Å². The number of phenols is 2. The number of aromatic hydroxyl groups is 2. The molecule has 8 nitrogen and oxygen atoms in total. The van der Waals surface area contributed by atoms with Gasteiger partial charge in [0.1, 0.15) is 22.6 Å². The molecule has 0 saturated heterocycles. The molecule has 0 aliphatic heterocycles. The first kappa shape index (κ1) is 30.3. The van der Waals surface area contributed by atoms with Gasteiger partial charge in [0.05, 0.1) is 13.1 Å². The Kier molecular flexibility index (Phi) is 11.1. The van der Waals surface area contributed by atoms with Crippen molar-refractivity contribution >= 4 is 41.0 Å². The van der Waals surface area contributed by atoms with E-state index in [-0.39, 0.29) is 39.1 Å². The zero-order valence-electron chi connectivity index (χ0n) is 20.8. The van der Waals surface area contributed by atoms with Gasteiger partial charge >= 0.3 is 11.9 Å². The van der Waals surface area contributed by atoms with Gasteiger partial charge < -0.3 is 19.1 Å². The second-order valence-corrected chi connectivity index (χ2v) is 18.4. The second-order valence-electron chi connectivity index (χ2n) is 9.56. The standard InChI is InChI=1S/C24H32N2O6Si2.Ni/c1-33(2,3)31-23(29)19-11-7-9-17(21(19)27)15-25-13-14-26-16-18-10-8-12-20(22(18)28)24(30)32-34(4,5)6;/h7-12,15-16,27-28H,13-14H2,1-6H3;. The topological polar surface area (TPSA) is 118 Å². The molecule has 2 rings (SSSR count). The summed E-state index contributed by atoms with van der Waals surface area (Å²) < 4.78 is 10.9. The van der Waals surface area contributed by atoms with Crippen molar-refractivity contribution in [3.63, 3.8) is 0 Å². The molecule has 0 aromatic heterocycles. The van der Waals surface area contributed by atoms with Gasteiger partial charge in [0.2, 0.25) is 16.6 Å². The fraction of sp³-hybridized carbons (Fsp3) is 0.333. The summed E-state index contributed by atoms with van der Waals surface area (Å²) in [6.07, 6.45) is 2.95. The van der Waals surface area contributed by atoms with Gasteiger partial charge in [0.15, 0.2) is 0 Å². The fourth-order valence-electron chi connectivity index (χ4n) is 2.77. The van der Waals surface area contributed by atoms with E-state index in [1.807, 2.05) is 39.3 Å². The Balaban J connectivity index is 0.00000612. The molecule has 0 unspecified atom stereocenters. The average Bonchev–Trinajstić information content (AvgIpc) is 2.70. The van der Waals surface area contributed by atoms with Crippen LogP contribution in [0.2, 0.25) is 39.3 Å². The minimum Gasteiger partial charge on any atom is -0.516 e. The van der Waals surface area contributed by atoms with E-state index in [0.29, 0.717) is 24.2 Å². The SMILES string of the molecule is C[Si](C)(C)OC(=O)c1cccc(C=NCCN=Cc2cccc(C(=O)O[Si](C)(C)C)c2O)c1O.[Ni]. The van der Waals surface area contributed by atoms with Crippen LogP contribution in [-0.4, -0.2) is 64.3 Å². The summed E-state index contributed by atoms with van der Waals surface area (Å²) in [6.45, 7) is 12.0. The molecule has 0 aliphatic rings. The van der Waals surface area contributed by atoms with Crippen molar-refractivity contribution < 1.29 is 45.1 Å². The van der Waals surface area contributed by atoms with Crippen LogP contribution in [0.25, 0.3) is 0 Å². The Morgan fingerprint density at radius 1 is 0.743 bits per heavy atom. The van der Waals surface area contributed by atoms with Crippen LogP contribution in [0.1, 0.15) is 31.8 Å².